The highest BCUT2D eigenvalue weighted by molar-refractivity contribution is 5.94. The van der Waals surface area contributed by atoms with Gasteiger partial charge in [-0.15, -0.1) is 0 Å². The van der Waals surface area contributed by atoms with Crippen molar-refractivity contribution in [3.63, 3.8) is 0 Å². The summed E-state index contributed by atoms with van der Waals surface area (Å²) < 4.78 is 6.15. The van der Waals surface area contributed by atoms with Crippen LogP contribution in [-0.4, -0.2) is 34.8 Å². The Hall–Kier alpha value is -1.85. The van der Waals surface area contributed by atoms with Crippen molar-refractivity contribution in [2.75, 3.05) is 18.0 Å². The van der Waals surface area contributed by atoms with E-state index >= 15 is 0 Å². The van der Waals surface area contributed by atoms with Crippen LogP contribution in [0, 0.1) is 0 Å². The third-order valence-electron chi connectivity index (χ3n) is 2.43. The lowest BCUT2D eigenvalue weighted by atomic mass is 10.2. The fourth-order valence-electron chi connectivity index (χ4n) is 1.77. The average Bonchev–Trinajstić information content (AvgIpc) is 2.58. The third-order valence-corrected chi connectivity index (χ3v) is 2.43. The molecule has 2 rings (SSSR count). The molecular weight excluding hydrogens is 210 g/mol. The van der Waals surface area contributed by atoms with Crippen LogP contribution >= 0.6 is 0 Å². The lowest BCUT2D eigenvalue weighted by Gasteiger charge is -2.25. The lowest BCUT2D eigenvalue weighted by molar-refractivity contribution is -0.160. The maximum absolute atomic E-state index is 11.2. The Balaban J connectivity index is 2.28. The van der Waals surface area contributed by atoms with Crippen molar-refractivity contribution in [2.24, 2.45) is 7.05 Å². The molecule has 0 unspecified atom stereocenters. The van der Waals surface area contributed by atoms with Crippen molar-refractivity contribution in [2.45, 2.75) is 13.3 Å². The van der Waals surface area contributed by atoms with Gasteiger partial charge in [0, 0.05) is 13.2 Å². The zero-order valence-corrected chi connectivity index (χ0v) is 9.27. The van der Waals surface area contributed by atoms with E-state index in [-0.39, 0.29) is 13.1 Å². The predicted octanol–water partition coefficient (Wildman–Crippen LogP) is -0.128. The van der Waals surface area contributed by atoms with Gasteiger partial charge >= 0.3 is 11.9 Å². The van der Waals surface area contributed by atoms with E-state index in [9.17, 15) is 9.59 Å². The van der Waals surface area contributed by atoms with Crippen molar-refractivity contribution in [3.8, 4) is 0 Å². The number of cyclic esters (lactones) is 2. The Morgan fingerprint density at radius 1 is 1.38 bits per heavy atom. The van der Waals surface area contributed by atoms with E-state index in [2.05, 4.69) is 9.84 Å². The molecule has 0 aromatic carbocycles. The summed E-state index contributed by atoms with van der Waals surface area (Å²) in [7, 11) is 1.81. The summed E-state index contributed by atoms with van der Waals surface area (Å²) in [6.07, 6.45) is 2.57. The van der Waals surface area contributed by atoms with Crippen LogP contribution in [0.3, 0.4) is 0 Å². The van der Waals surface area contributed by atoms with Crippen LogP contribution in [-0.2, 0) is 27.8 Å². The molecule has 1 fully saturated rings. The minimum atomic E-state index is -0.512. The second-order valence-electron chi connectivity index (χ2n) is 3.69. The van der Waals surface area contributed by atoms with Crippen LogP contribution in [0.2, 0.25) is 0 Å². The van der Waals surface area contributed by atoms with Crippen LogP contribution in [0.15, 0.2) is 6.20 Å². The van der Waals surface area contributed by atoms with Gasteiger partial charge in [0.1, 0.15) is 13.1 Å². The van der Waals surface area contributed by atoms with Crippen molar-refractivity contribution in [1.29, 1.82) is 0 Å². The Kier molecular flexibility index (Phi) is 2.64. The SMILES string of the molecule is CCc1nn(C)cc1N1CC(=O)OC(=O)C1. The van der Waals surface area contributed by atoms with Crippen molar-refractivity contribution < 1.29 is 14.3 Å². The summed E-state index contributed by atoms with van der Waals surface area (Å²) >= 11 is 0. The number of anilines is 1. The molecule has 2 heterocycles. The van der Waals surface area contributed by atoms with Crippen molar-refractivity contribution in [1.82, 2.24) is 9.78 Å². The Morgan fingerprint density at radius 2 is 2.00 bits per heavy atom. The molecule has 16 heavy (non-hydrogen) atoms. The zero-order chi connectivity index (χ0) is 11.7. The fraction of sp³-hybridized carbons (Fsp3) is 0.500. The number of carbonyl (C=O) groups excluding carboxylic acids is 2. The molecule has 1 aliphatic rings. The van der Waals surface area contributed by atoms with Crippen LogP contribution in [0.1, 0.15) is 12.6 Å². The zero-order valence-electron chi connectivity index (χ0n) is 9.27. The molecule has 0 N–H and O–H groups in total. The number of nitrogens with zero attached hydrogens (tertiary/aromatic N) is 3. The predicted molar refractivity (Wildman–Crippen MR) is 55.9 cm³/mol. The summed E-state index contributed by atoms with van der Waals surface area (Å²) in [6.45, 7) is 2.19. The number of esters is 2. The second kappa shape index (κ2) is 3.96. The summed E-state index contributed by atoms with van der Waals surface area (Å²) in [6, 6.07) is 0. The number of aromatic nitrogens is 2. The van der Waals surface area contributed by atoms with E-state index < -0.39 is 11.9 Å². The smallest absolute Gasteiger partial charge is 0.333 e. The maximum atomic E-state index is 11.2. The second-order valence-corrected chi connectivity index (χ2v) is 3.69. The molecule has 1 aromatic heterocycles. The van der Waals surface area contributed by atoms with Gasteiger partial charge in [0.2, 0.25) is 0 Å². The number of hydrogen-bond donors (Lipinski definition) is 0. The quantitative estimate of drug-likeness (QED) is 0.516. The van der Waals surface area contributed by atoms with E-state index in [1.807, 2.05) is 20.2 Å². The van der Waals surface area contributed by atoms with Crippen LogP contribution in [0.5, 0.6) is 0 Å². The molecular formula is C10H13N3O3. The van der Waals surface area contributed by atoms with Gasteiger partial charge in [-0.25, -0.2) is 9.59 Å². The maximum Gasteiger partial charge on any atom is 0.333 e. The Bertz CT molecular complexity index is 423. The number of morpholine rings is 1. The van der Waals surface area contributed by atoms with Gasteiger partial charge in [0.25, 0.3) is 0 Å². The molecule has 0 radical (unpaired) electrons. The normalized spacial score (nSPS) is 16.5. The summed E-state index contributed by atoms with van der Waals surface area (Å²) in [5.41, 5.74) is 1.71. The molecule has 0 saturated carbocycles. The topological polar surface area (TPSA) is 64.4 Å². The monoisotopic (exact) mass is 223 g/mol. The molecule has 1 saturated heterocycles. The Morgan fingerprint density at radius 3 is 2.56 bits per heavy atom. The number of aryl methyl sites for hydroxylation is 2. The van der Waals surface area contributed by atoms with E-state index in [1.54, 1.807) is 9.58 Å². The van der Waals surface area contributed by atoms with Gasteiger partial charge in [-0.05, 0) is 6.42 Å². The van der Waals surface area contributed by atoms with Crippen LogP contribution in [0.4, 0.5) is 5.69 Å². The molecule has 0 spiro atoms. The first-order valence-corrected chi connectivity index (χ1v) is 5.11. The van der Waals surface area contributed by atoms with E-state index in [4.69, 9.17) is 0 Å². The summed E-state index contributed by atoms with van der Waals surface area (Å²) in [4.78, 5) is 24.0. The van der Waals surface area contributed by atoms with Gasteiger partial charge in [-0.1, -0.05) is 6.92 Å². The molecule has 6 heteroatoms. The van der Waals surface area contributed by atoms with E-state index in [0.717, 1.165) is 17.8 Å². The molecule has 1 aromatic rings. The molecule has 86 valence electrons. The average molecular weight is 223 g/mol. The highest BCUT2D eigenvalue weighted by atomic mass is 16.6. The first-order chi connectivity index (χ1) is 7.60. The molecule has 0 atom stereocenters. The highest BCUT2D eigenvalue weighted by Gasteiger charge is 2.27. The number of hydrogen-bond acceptors (Lipinski definition) is 5. The number of ether oxygens (including phenoxy) is 1. The standard InChI is InChI=1S/C10H13N3O3/c1-3-7-8(4-12(2)11-7)13-5-9(14)16-10(15)6-13/h4H,3,5-6H2,1-2H3. The largest absolute Gasteiger partial charge is 0.390 e. The van der Waals surface area contributed by atoms with E-state index in [0.29, 0.717) is 0 Å². The molecule has 0 bridgehead atoms. The first-order valence-electron chi connectivity index (χ1n) is 5.11. The third kappa shape index (κ3) is 1.91. The van der Waals surface area contributed by atoms with Gasteiger partial charge in [-0.3, -0.25) is 4.68 Å². The van der Waals surface area contributed by atoms with Gasteiger partial charge in [0.15, 0.2) is 0 Å². The first kappa shape index (κ1) is 10.7. The number of rotatable bonds is 2. The van der Waals surface area contributed by atoms with E-state index in [1.165, 1.54) is 0 Å². The molecule has 1 aliphatic heterocycles. The Labute approximate surface area is 92.8 Å². The molecule has 0 aliphatic carbocycles. The fourth-order valence-corrected chi connectivity index (χ4v) is 1.77. The van der Waals surface area contributed by atoms with Crippen molar-refractivity contribution >= 4 is 17.6 Å². The summed E-state index contributed by atoms with van der Waals surface area (Å²) in [5.74, 6) is -1.02. The van der Waals surface area contributed by atoms with Crippen LogP contribution in [0.25, 0.3) is 0 Å². The number of carbonyl (C=O) groups is 2. The van der Waals surface area contributed by atoms with Gasteiger partial charge in [0.05, 0.1) is 11.4 Å². The molecule has 6 nitrogen and oxygen atoms in total. The minimum Gasteiger partial charge on any atom is -0.390 e. The molecule has 0 amide bonds. The van der Waals surface area contributed by atoms with Crippen LogP contribution < -0.4 is 4.90 Å². The van der Waals surface area contributed by atoms with Gasteiger partial charge in [-0.2, -0.15) is 5.10 Å². The summed E-state index contributed by atoms with van der Waals surface area (Å²) in [5, 5.41) is 4.27. The van der Waals surface area contributed by atoms with Gasteiger partial charge < -0.3 is 9.64 Å². The van der Waals surface area contributed by atoms with Crippen molar-refractivity contribution in [3.05, 3.63) is 11.9 Å². The lowest BCUT2D eigenvalue weighted by Crippen LogP contribution is -2.43. The highest BCUT2D eigenvalue weighted by Crippen LogP contribution is 2.21. The minimum absolute atomic E-state index is 0.102.